The molecule has 2 aromatic carbocycles. The normalized spacial score (nSPS) is 9.91. The first-order valence-corrected chi connectivity index (χ1v) is 7.17. The van der Waals surface area contributed by atoms with E-state index in [2.05, 4.69) is 11.4 Å². The van der Waals surface area contributed by atoms with E-state index in [4.69, 9.17) is 14.7 Å². The molecule has 0 spiro atoms. The number of nitriles is 1. The highest BCUT2D eigenvalue weighted by Crippen LogP contribution is 2.16. The van der Waals surface area contributed by atoms with Crippen LogP contribution in [0.3, 0.4) is 0 Å². The van der Waals surface area contributed by atoms with Gasteiger partial charge in [-0.2, -0.15) is 5.26 Å². The second-order valence-electron chi connectivity index (χ2n) is 4.95. The number of methoxy groups -OCH3 is 1. The molecule has 0 fully saturated rings. The molecule has 1 N–H and O–H groups in total. The molecule has 5 nitrogen and oxygen atoms in total. The van der Waals surface area contributed by atoms with Crippen molar-refractivity contribution in [3.63, 3.8) is 0 Å². The van der Waals surface area contributed by atoms with Gasteiger partial charge in [0.15, 0.2) is 0 Å². The summed E-state index contributed by atoms with van der Waals surface area (Å²) < 4.78 is 10.5. The third-order valence-corrected chi connectivity index (χ3v) is 3.10. The molecule has 118 valence electrons. The highest BCUT2D eigenvalue weighted by atomic mass is 16.5. The van der Waals surface area contributed by atoms with Gasteiger partial charge < -0.3 is 14.8 Å². The van der Waals surface area contributed by atoms with Gasteiger partial charge in [0.25, 0.3) is 0 Å². The van der Waals surface area contributed by atoms with Crippen molar-refractivity contribution in [1.82, 2.24) is 0 Å². The van der Waals surface area contributed by atoms with E-state index in [1.165, 1.54) is 7.11 Å². The first kappa shape index (κ1) is 16.5. The number of hydrogen-bond donors (Lipinski definition) is 1. The maximum Gasteiger partial charge on any atom is 0.250 e. The Kier molecular flexibility index (Phi) is 6.16. The Hall–Kier alpha value is -2.84. The van der Waals surface area contributed by atoms with Gasteiger partial charge in [-0.15, -0.1) is 0 Å². The summed E-state index contributed by atoms with van der Waals surface area (Å²) in [6, 6.07) is 17.0. The van der Waals surface area contributed by atoms with Crippen LogP contribution in [0.15, 0.2) is 48.5 Å². The number of carbonyl (C=O) groups is 1. The number of hydrogen-bond acceptors (Lipinski definition) is 4. The number of carbonyl (C=O) groups excluding carboxylic acids is 1. The Bertz CT molecular complexity index is 690. The molecule has 0 aromatic heterocycles. The first-order valence-electron chi connectivity index (χ1n) is 7.17. The first-order chi connectivity index (χ1) is 11.2. The lowest BCUT2D eigenvalue weighted by Crippen LogP contribution is -2.17. The Labute approximate surface area is 135 Å². The van der Waals surface area contributed by atoms with Gasteiger partial charge >= 0.3 is 0 Å². The molecule has 0 aliphatic rings. The van der Waals surface area contributed by atoms with Crippen LogP contribution < -0.4 is 10.1 Å². The van der Waals surface area contributed by atoms with E-state index in [1.54, 1.807) is 0 Å². The van der Waals surface area contributed by atoms with E-state index in [-0.39, 0.29) is 12.5 Å². The van der Waals surface area contributed by atoms with Gasteiger partial charge in [0.1, 0.15) is 19.0 Å². The summed E-state index contributed by atoms with van der Waals surface area (Å²) in [7, 11) is 1.48. The third kappa shape index (κ3) is 5.46. The molecule has 0 heterocycles. The molecule has 2 rings (SSSR count). The van der Waals surface area contributed by atoms with E-state index < -0.39 is 0 Å². The topological polar surface area (TPSA) is 71.3 Å². The third-order valence-electron chi connectivity index (χ3n) is 3.10. The Morgan fingerprint density at radius 2 is 1.96 bits per heavy atom. The lowest BCUT2D eigenvalue weighted by molar-refractivity contribution is -0.119. The SMILES string of the molecule is COCC(=O)Nc1cccc(COc2ccc(CC#N)cc2)c1. The zero-order valence-corrected chi connectivity index (χ0v) is 12.9. The molecule has 0 radical (unpaired) electrons. The summed E-state index contributed by atoms with van der Waals surface area (Å²) in [6.07, 6.45) is 0.392. The zero-order chi connectivity index (χ0) is 16.5. The minimum absolute atomic E-state index is 0.0236. The average Bonchev–Trinajstić information content (AvgIpc) is 2.55. The molecule has 23 heavy (non-hydrogen) atoms. The van der Waals surface area contributed by atoms with Crippen molar-refractivity contribution < 1.29 is 14.3 Å². The zero-order valence-electron chi connectivity index (χ0n) is 12.9. The van der Waals surface area contributed by atoms with Crippen LogP contribution in [0.5, 0.6) is 5.75 Å². The summed E-state index contributed by atoms with van der Waals surface area (Å²) >= 11 is 0. The van der Waals surface area contributed by atoms with Crippen LogP contribution in [0.1, 0.15) is 11.1 Å². The molecule has 0 aliphatic heterocycles. The molecule has 0 bridgehead atoms. The summed E-state index contributed by atoms with van der Waals surface area (Å²) in [5.41, 5.74) is 2.61. The van der Waals surface area contributed by atoms with Crippen molar-refractivity contribution in [2.75, 3.05) is 19.0 Å². The Balaban J connectivity index is 1.92. The van der Waals surface area contributed by atoms with Gasteiger partial charge in [-0.3, -0.25) is 4.79 Å². The van der Waals surface area contributed by atoms with Crippen LogP contribution in [0.2, 0.25) is 0 Å². The van der Waals surface area contributed by atoms with Crippen LogP contribution >= 0.6 is 0 Å². The molecule has 0 saturated heterocycles. The van der Waals surface area contributed by atoms with Crippen LogP contribution in [0.25, 0.3) is 0 Å². The van der Waals surface area contributed by atoms with Crippen LogP contribution in [0, 0.1) is 11.3 Å². The number of rotatable bonds is 7. The lowest BCUT2D eigenvalue weighted by atomic mass is 10.1. The van der Waals surface area contributed by atoms with Gasteiger partial charge in [0.2, 0.25) is 5.91 Å². The fourth-order valence-corrected chi connectivity index (χ4v) is 2.03. The predicted octanol–water partition coefficient (Wildman–Crippen LogP) is 2.92. The summed E-state index contributed by atoms with van der Waals surface area (Å²) in [6.45, 7) is 0.418. The minimum Gasteiger partial charge on any atom is -0.489 e. The summed E-state index contributed by atoms with van der Waals surface area (Å²) in [5.74, 6) is 0.541. The van der Waals surface area contributed by atoms with E-state index in [1.807, 2.05) is 48.5 Å². The van der Waals surface area contributed by atoms with Gasteiger partial charge in [-0.1, -0.05) is 24.3 Å². The second-order valence-corrected chi connectivity index (χ2v) is 4.95. The molecule has 0 unspecified atom stereocenters. The average molecular weight is 310 g/mol. The quantitative estimate of drug-likeness (QED) is 0.853. The van der Waals surface area contributed by atoms with Crippen LogP contribution in [-0.4, -0.2) is 19.6 Å². The predicted molar refractivity (Wildman–Crippen MR) is 87.0 cm³/mol. The molecule has 2 aromatic rings. The van der Waals surface area contributed by atoms with E-state index >= 15 is 0 Å². The fraction of sp³-hybridized carbons (Fsp3) is 0.222. The molecule has 0 aliphatic carbocycles. The maximum atomic E-state index is 11.5. The molecule has 0 saturated carbocycles. The van der Waals surface area contributed by atoms with Gasteiger partial charge in [0, 0.05) is 12.8 Å². The minimum atomic E-state index is -0.196. The highest BCUT2D eigenvalue weighted by molar-refractivity contribution is 5.91. The number of nitrogens with zero attached hydrogens (tertiary/aromatic N) is 1. The molecule has 1 amide bonds. The van der Waals surface area contributed by atoms with Gasteiger partial charge in [0.05, 0.1) is 12.5 Å². The lowest BCUT2D eigenvalue weighted by Gasteiger charge is -2.09. The second kappa shape index (κ2) is 8.57. The Morgan fingerprint density at radius 1 is 1.17 bits per heavy atom. The van der Waals surface area contributed by atoms with Crippen molar-refractivity contribution in [1.29, 1.82) is 5.26 Å². The van der Waals surface area contributed by atoms with Crippen molar-refractivity contribution in [2.45, 2.75) is 13.0 Å². The molecule has 5 heteroatoms. The molecular formula is C18H18N2O3. The summed E-state index contributed by atoms with van der Waals surface area (Å²) in [4.78, 5) is 11.5. The van der Waals surface area contributed by atoms with Crippen molar-refractivity contribution in [3.05, 3.63) is 59.7 Å². The van der Waals surface area contributed by atoms with Gasteiger partial charge in [-0.05, 0) is 35.4 Å². The Morgan fingerprint density at radius 3 is 2.65 bits per heavy atom. The van der Waals surface area contributed by atoms with Crippen molar-refractivity contribution >= 4 is 11.6 Å². The standard InChI is InChI=1S/C18H18N2O3/c1-22-13-18(21)20-16-4-2-3-15(11-16)12-23-17-7-5-14(6-8-17)9-10-19/h2-8,11H,9,12-13H2,1H3,(H,20,21). The van der Waals surface area contributed by atoms with E-state index in [9.17, 15) is 4.79 Å². The van der Waals surface area contributed by atoms with Crippen molar-refractivity contribution in [3.8, 4) is 11.8 Å². The maximum absolute atomic E-state index is 11.5. The number of benzene rings is 2. The van der Waals surface area contributed by atoms with E-state index in [0.29, 0.717) is 18.7 Å². The number of nitrogens with one attached hydrogen (secondary N) is 1. The van der Waals surface area contributed by atoms with Crippen LogP contribution in [-0.2, 0) is 22.6 Å². The fourth-order valence-electron chi connectivity index (χ4n) is 2.03. The number of amides is 1. The van der Waals surface area contributed by atoms with E-state index in [0.717, 1.165) is 16.9 Å². The van der Waals surface area contributed by atoms with Crippen molar-refractivity contribution in [2.24, 2.45) is 0 Å². The monoisotopic (exact) mass is 310 g/mol. The number of anilines is 1. The highest BCUT2D eigenvalue weighted by Gasteiger charge is 2.03. The van der Waals surface area contributed by atoms with Gasteiger partial charge in [-0.25, -0.2) is 0 Å². The summed E-state index contributed by atoms with van der Waals surface area (Å²) in [5, 5.41) is 11.4. The molecule has 0 atom stereocenters. The smallest absolute Gasteiger partial charge is 0.250 e. The largest absolute Gasteiger partial charge is 0.489 e. The molecular weight excluding hydrogens is 292 g/mol. The van der Waals surface area contributed by atoms with Crippen LogP contribution in [0.4, 0.5) is 5.69 Å². The number of ether oxygens (including phenoxy) is 2.